The van der Waals surface area contributed by atoms with Crippen LogP contribution in [0, 0.1) is 6.92 Å². The maximum atomic E-state index is 12.4. The van der Waals surface area contributed by atoms with Gasteiger partial charge in [-0.3, -0.25) is 4.79 Å². The molecule has 1 aromatic carbocycles. The highest BCUT2D eigenvalue weighted by atomic mass is 16.1. The van der Waals surface area contributed by atoms with E-state index >= 15 is 0 Å². The Morgan fingerprint density at radius 2 is 1.96 bits per heavy atom. The summed E-state index contributed by atoms with van der Waals surface area (Å²) in [5.41, 5.74) is 3.54. The van der Waals surface area contributed by atoms with Crippen molar-refractivity contribution in [1.82, 2.24) is 10.3 Å². The van der Waals surface area contributed by atoms with Crippen molar-refractivity contribution in [2.75, 3.05) is 18.0 Å². The summed E-state index contributed by atoms with van der Waals surface area (Å²) in [7, 11) is 0. The molecular weight excluding hydrogens is 310 g/mol. The van der Waals surface area contributed by atoms with Crippen LogP contribution in [0.5, 0.6) is 0 Å². The highest BCUT2D eigenvalue weighted by Gasteiger charge is 2.25. The number of benzene rings is 1. The van der Waals surface area contributed by atoms with E-state index in [0.29, 0.717) is 6.42 Å². The summed E-state index contributed by atoms with van der Waals surface area (Å²) in [5, 5.41) is 3.18. The number of pyridine rings is 1. The van der Waals surface area contributed by atoms with E-state index in [-0.39, 0.29) is 11.9 Å². The zero-order chi connectivity index (χ0) is 17.2. The van der Waals surface area contributed by atoms with Crippen LogP contribution in [0.4, 0.5) is 5.82 Å². The van der Waals surface area contributed by atoms with E-state index in [4.69, 9.17) is 0 Å². The molecule has 0 bridgehead atoms. The van der Waals surface area contributed by atoms with Crippen LogP contribution < -0.4 is 10.2 Å². The van der Waals surface area contributed by atoms with E-state index in [2.05, 4.69) is 39.5 Å². The number of anilines is 1. The van der Waals surface area contributed by atoms with Crippen molar-refractivity contribution in [3.63, 3.8) is 0 Å². The van der Waals surface area contributed by atoms with Crippen LogP contribution in [-0.4, -0.2) is 30.0 Å². The Labute approximate surface area is 149 Å². The summed E-state index contributed by atoms with van der Waals surface area (Å²) in [5.74, 6) is 1.89. The Bertz CT molecular complexity index is 752. The van der Waals surface area contributed by atoms with Gasteiger partial charge in [0.05, 0.1) is 6.42 Å². The topological polar surface area (TPSA) is 45.2 Å². The lowest BCUT2D eigenvalue weighted by Gasteiger charge is -2.18. The second-order valence-corrected chi connectivity index (χ2v) is 7.33. The van der Waals surface area contributed by atoms with Crippen molar-refractivity contribution in [3.8, 4) is 0 Å². The number of carbonyl (C=O) groups is 1. The van der Waals surface area contributed by atoms with E-state index < -0.39 is 0 Å². The molecule has 0 spiro atoms. The van der Waals surface area contributed by atoms with Crippen LogP contribution in [0.2, 0.25) is 0 Å². The Morgan fingerprint density at radius 1 is 1.16 bits per heavy atom. The predicted octanol–water partition coefficient (Wildman–Crippen LogP) is 3.21. The molecule has 2 aliphatic rings. The largest absolute Gasteiger partial charge is 0.354 e. The summed E-state index contributed by atoms with van der Waals surface area (Å²) in [6.07, 6.45) is 4.06. The molecular formula is C21H25N3O. The molecule has 1 atom stereocenters. The van der Waals surface area contributed by atoms with Gasteiger partial charge in [-0.15, -0.1) is 0 Å². The van der Waals surface area contributed by atoms with Gasteiger partial charge in [0.25, 0.3) is 0 Å². The quantitative estimate of drug-likeness (QED) is 0.912. The number of nitrogens with one attached hydrogen (secondary N) is 1. The molecule has 1 aliphatic carbocycles. The van der Waals surface area contributed by atoms with Crippen molar-refractivity contribution < 1.29 is 4.79 Å². The molecule has 1 saturated heterocycles. The third-order valence-corrected chi connectivity index (χ3v) is 5.14. The van der Waals surface area contributed by atoms with E-state index in [9.17, 15) is 4.79 Å². The minimum atomic E-state index is 0.114. The van der Waals surface area contributed by atoms with Gasteiger partial charge in [0.1, 0.15) is 5.82 Å². The Hall–Kier alpha value is -2.36. The zero-order valence-corrected chi connectivity index (χ0v) is 14.7. The monoisotopic (exact) mass is 335 g/mol. The lowest BCUT2D eigenvalue weighted by Crippen LogP contribution is -2.38. The number of hydrogen-bond acceptors (Lipinski definition) is 3. The molecule has 25 heavy (non-hydrogen) atoms. The fourth-order valence-electron chi connectivity index (χ4n) is 3.58. The summed E-state index contributed by atoms with van der Waals surface area (Å²) in [4.78, 5) is 19.2. The summed E-state index contributed by atoms with van der Waals surface area (Å²) in [6.45, 7) is 3.79. The number of rotatable bonds is 5. The van der Waals surface area contributed by atoms with Gasteiger partial charge in [-0.1, -0.05) is 30.3 Å². The number of nitrogens with zero attached hydrogens (tertiary/aromatic N) is 2. The van der Waals surface area contributed by atoms with Crippen molar-refractivity contribution in [2.45, 2.75) is 44.6 Å². The molecule has 4 rings (SSSR count). The Morgan fingerprint density at radius 3 is 2.68 bits per heavy atom. The molecule has 1 aliphatic heterocycles. The third-order valence-electron chi connectivity index (χ3n) is 5.14. The van der Waals surface area contributed by atoms with E-state index in [1.165, 1.54) is 18.4 Å². The predicted molar refractivity (Wildman–Crippen MR) is 99.9 cm³/mol. The summed E-state index contributed by atoms with van der Waals surface area (Å²) in [6, 6.07) is 14.9. The third kappa shape index (κ3) is 4.01. The van der Waals surface area contributed by atoms with Gasteiger partial charge in [0, 0.05) is 24.8 Å². The fraction of sp³-hybridized carbons (Fsp3) is 0.429. The van der Waals surface area contributed by atoms with Gasteiger partial charge in [0.15, 0.2) is 0 Å². The van der Waals surface area contributed by atoms with Crippen LogP contribution in [0.3, 0.4) is 0 Å². The molecule has 1 aromatic heterocycles. The molecule has 2 fully saturated rings. The fourth-order valence-corrected chi connectivity index (χ4v) is 3.58. The van der Waals surface area contributed by atoms with Gasteiger partial charge in [0.2, 0.25) is 5.91 Å². The zero-order valence-electron chi connectivity index (χ0n) is 14.7. The van der Waals surface area contributed by atoms with Crippen molar-refractivity contribution in [1.29, 1.82) is 0 Å². The van der Waals surface area contributed by atoms with E-state index in [1.807, 2.05) is 25.1 Å². The first-order valence-corrected chi connectivity index (χ1v) is 9.24. The highest BCUT2D eigenvalue weighted by molar-refractivity contribution is 5.79. The van der Waals surface area contributed by atoms with Crippen molar-refractivity contribution in [3.05, 3.63) is 59.3 Å². The molecule has 1 saturated carbocycles. The first kappa shape index (κ1) is 16.1. The maximum Gasteiger partial charge on any atom is 0.224 e. The van der Waals surface area contributed by atoms with Gasteiger partial charge < -0.3 is 10.2 Å². The first-order chi connectivity index (χ1) is 12.2. The molecule has 0 radical (unpaired) electrons. The Balaban J connectivity index is 1.29. The van der Waals surface area contributed by atoms with Crippen LogP contribution in [0.25, 0.3) is 0 Å². The smallest absolute Gasteiger partial charge is 0.224 e. The minimum Gasteiger partial charge on any atom is -0.354 e. The molecule has 1 N–H and O–H groups in total. The molecule has 1 amide bonds. The average Bonchev–Trinajstić information content (AvgIpc) is 3.35. The number of carbonyl (C=O) groups excluding carboxylic acids is 1. The molecule has 2 heterocycles. The van der Waals surface area contributed by atoms with Gasteiger partial charge in [-0.05, 0) is 55.4 Å². The number of amides is 1. The number of hydrogen-bond donors (Lipinski definition) is 1. The van der Waals surface area contributed by atoms with E-state index in [0.717, 1.165) is 42.5 Å². The second kappa shape index (κ2) is 6.87. The number of aryl methyl sites for hydroxylation is 1. The van der Waals surface area contributed by atoms with Crippen LogP contribution in [0.1, 0.15) is 42.0 Å². The van der Waals surface area contributed by atoms with Crippen LogP contribution in [-0.2, 0) is 11.2 Å². The van der Waals surface area contributed by atoms with Crippen molar-refractivity contribution in [2.24, 2.45) is 0 Å². The summed E-state index contributed by atoms with van der Waals surface area (Å²) >= 11 is 0. The highest BCUT2D eigenvalue weighted by Crippen LogP contribution is 2.39. The average molecular weight is 335 g/mol. The van der Waals surface area contributed by atoms with Crippen LogP contribution >= 0.6 is 0 Å². The van der Waals surface area contributed by atoms with Gasteiger partial charge >= 0.3 is 0 Å². The standard InChI is InChI=1S/C21H25N3O/c1-15-3-2-4-20(22-15)24-12-11-19(14-24)23-21(25)13-16-5-7-17(8-6-16)18-9-10-18/h2-8,18-19H,9-14H2,1H3,(H,23,25)/t19-/m1/s1. The van der Waals surface area contributed by atoms with Gasteiger partial charge in [-0.2, -0.15) is 0 Å². The SMILES string of the molecule is Cc1cccc(N2CC[C@@H](NC(=O)Cc3ccc(C4CC4)cc3)C2)n1. The normalized spacial score (nSPS) is 19.9. The molecule has 0 unspecified atom stereocenters. The minimum absolute atomic E-state index is 0.114. The van der Waals surface area contributed by atoms with Crippen LogP contribution in [0.15, 0.2) is 42.5 Å². The van der Waals surface area contributed by atoms with Crippen molar-refractivity contribution >= 4 is 11.7 Å². The summed E-state index contributed by atoms with van der Waals surface area (Å²) < 4.78 is 0. The van der Waals surface area contributed by atoms with Gasteiger partial charge in [-0.25, -0.2) is 4.98 Å². The lowest BCUT2D eigenvalue weighted by atomic mass is 10.1. The Kier molecular flexibility index (Phi) is 4.43. The molecule has 130 valence electrons. The molecule has 4 heteroatoms. The molecule has 4 nitrogen and oxygen atoms in total. The second-order valence-electron chi connectivity index (χ2n) is 7.33. The lowest BCUT2D eigenvalue weighted by molar-refractivity contribution is -0.121. The maximum absolute atomic E-state index is 12.4. The van der Waals surface area contributed by atoms with E-state index in [1.54, 1.807) is 0 Å². The first-order valence-electron chi connectivity index (χ1n) is 9.24. The number of aromatic nitrogens is 1. The molecule has 2 aromatic rings.